The van der Waals surface area contributed by atoms with E-state index < -0.39 is 101 Å². The highest BCUT2D eigenvalue weighted by molar-refractivity contribution is 7.49. The second-order valence-electron chi connectivity index (χ2n) is 25.8. The van der Waals surface area contributed by atoms with Gasteiger partial charge in [0.05, 0.1) is 203 Å². The minimum Gasteiger partial charge on any atom is -0.469 e. The van der Waals surface area contributed by atoms with Crippen molar-refractivity contribution in [2.45, 2.75) is 233 Å². The molecule has 0 saturated carbocycles. The van der Waals surface area contributed by atoms with Gasteiger partial charge in [-0.25, -0.2) is 18.3 Å². The van der Waals surface area contributed by atoms with Crippen molar-refractivity contribution < 1.29 is 159 Å². The Balaban J connectivity index is 0.000000374. The van der Waals surface area contributed by atoms with Gasteiger partial charge in [0.1, 0.15) is 11.6 Å². The number of aliphatic hydroxyl groups excluding tert-OH is 2. The normalized spacial score (nSPS) is 26.5. The maximum atomic E-state index is 12.6. The van der Waals surface area contributed by atoms with E-state index in [1.807, 2.05) is 0 Å². The zero-order valence-corrected chi connectivity index (χ0v) is 70.9. The van der Waals surface area contributed by atoms with Gasteiger partial charge >= 0.3 is 55.2 Å². The highest BCUT2D eigenvalue weighted by Gasteiger charge is 2.59. The Morgan fingerprint density at radius 3 is 0.745 bits per heavy atom. The van der Waals surface area contributed by atoms with Gasteiger partial charge in [0.2, 0.25) is 10.5 Å². The fraction of sp³-hybridized carbons (Fsp3) is 0.886. The summed E-state index contributed by atoms with van der Waals surface area (Å²) in [4.78, 5) is 97.0. The molecule has 8 heterocycles. The Morgan fingerprint density at radius 1 is 0.291 bits per heavy atom. The summed E-state index contributed by atoms with van der Waals surface area (Å²) in [6, 6.07) is 0. The van der Waals surface area contributed by atoms with Crippen LogP contribution in [0.25, 0.3) is 0 Å². The number of carbonyl (C=O) groups is 8. The van der Waals surface area contributed by atoms with E-state index in [0.717, 1.165) is 78.4 Å². The van der Waals surface area contributed by atoms with Gasteiger partial charge in [-0.05, 0) is 181 Å². The van der Waals surface area contributed by atoms with Crippen molar-refractivity contribution in [2.24, 2.45) is 47.3 Å². The number of Topliss-reactive ketones (excluding diaryl/α,β-unsaturated/α-hetero) is 2. The first-order valence-corrected chi connectivity index (χ1v) is 44.9. The lowest BCUT2D eigenvalue weighted by Gasteiger charge is -2.24. The third-order valence-corrected chi connectivity index (χ3v) is 25.9. The van der Waals surface area contributed by atoms with Crippen molar-refractivity contribution in [1.82, 2.24) is 0 Å². The van der Waals surface area contributed by atoms with Gasteiger partial charge in [-0.15, -0.1) is 0 Å². The predicted octanol–water partition coefficient (Wildman–Crippen LogP) is 11.9. The van der Waals surface area contributed by atoms with Gasteiger partial charge in [-0.2, -0.15) is 0 Å². The molecule has 8 aliphatic heterocycles. The number of ether oxygens (including phenoxy) is 8. The second kappa shape index (κ2) is 54.4. The van der Waals surface area contributed by atoms with Crippen LogP contribution >= 0.6 is 54.5 Å². The molecule has 8 bridgehead atoms. The number of aliphatic hydroxyl groups is 2. The number of phosphoric acid groups is 4. The van der Waals surface area contributed by atoms with E-state index in [9.17, 15) is 56.6 Å². The molecule has 0 aromatic heterocycles. The van der Waals surface area contributed by atoms with Crippen LogP contribution in [-0.4, -0.2) is 226 Å². The van der Waals surface area contributed by atoms with Gasteiger partial charge in [0, 0.05) is 27.1 Å². The molecule has 0 amide bonds. The minimum atomic E-state index is -3.51. The molecule has 0 aliphatic carbocycles. The topological polar surface area (TPSA) is 430 Å². The molecule has 40 heteroatoms. The number of rotatable bonds is 50. The fourth-order valence-corrected chi connectivity index (χ4v) is 19.8. The summed E-state index contributed by atoms with van der Waals surface area (Å²) in [5.41, 5.74) is 0. The van der Waals surface area contributed by atoms with E-state index in [2.05, 4.69) is 0 Å². The molecule has 8 fully saturated rings. The van der Waals surface area contributed by atoms with Crippen LogP contribution in [0.5, 0.6) is 0 Å². The van der Waals surface area contributed by atoms with Crippen molar-refractivity contribution in [2.75, 3.05) is 121 Å². The number of ketones is 2. The number of unbranched alkanes of at least 4 members (excludes halogenated alkanes) is 6. The lowest BCUT2D eigenvalue weighted by atomic mass is 9.76. The molecule has 16 unspecified atom stereocenters. The molecular weight excluding hydrogens is 1580 g/mol. The van der Waals surface area contributed by atoms with Gasteiger partial charge in [-0.1, -0.05) is 12.8 Å². The van der Waals surface area contributed by atoms with E-state index in [4.69, 9.17) is 126 Å². The van der Waals surface area contributed by atoms with Crippen LogP contribution in [0.15, 0.2) is 0 Å². The number of carbonyl (C=O) groups excluding carboxylic acids is 8. The average molecular weight is 1700 g/mol. The second-order valence-corrected chi connectivity index (χ2v) is 33.2. The first-order valence-electron chi connectivity index (χ1n) is 38.3. The quantitative estimate of drug-likeness (QED) is 0.0188. The van der Waals surface area contributed by atoms with Crippen LogP contribution in [0.3, 0.4) is 0 Å². The Kier molecular flexibility index (Phi) is 50.2. The molecule has 34 nitrogen and oxygen atoms in total. The summed E-state index contributed by atoms with van der Waals surface area (Å²) in [5.74, 6) is -5.73. The third-order valence-electron chi connectivity index (χ3n) is 18.8. The van der Waals surface area contributed by atoms with Gasteiger partial charge in [0.15, 0.2) is 0 Å². The Morgan fingerprint density at radius 2 is 0.491 bits per heavy atom. The number of methoxy groups -OCH3 is 2. The first-order chi connectivity index (χ1) is 52.7. The molecular formula is C70H122Cl2O34P4. The van der Waals surface area contributed by atoms with Crippen molar-refractivity contribution in [3.05, 3.63) is 0 Å². The van der Waals surface area contributed by atoms with Crippen LogP contribution in [-0.2, 0) is 149 Å². The first kappa shape index (κ1) is 102. The summed E-state index contributed by atoms with van der Waals surface area (Å²) in [7, 11) is -9.30. The Bertz CT molecular complexity index is 2720. The fourth-order valence-electron chi connectivity index (χ4n) is 14.4. The zero-order chi connectivity index (χ0) is 82.0. The Hall–Kier alpha value is -2.66. The molecule has 16 atom stereocenters. The summed E-state index contributed by atoms with van der Waals surface area (Å²) >= 11 is 11.3. The van der Waals surface area contributed by atoms with Crippen LogP contribution in [0.4, 0.5) is 0 Å². The largest absolute Gasteiger partial charge is 0.474 e. The lowest BCUT2D eigenvalue weighted by molar-refractivity contribution is -0.159. The summed E-state index contributed by atoms with van der Waals surface area (Å²) in [5, 5.41) is 13.0. The molecule has 0 aromatic carbocycles. The Labute approximate surface area is 657 Å². The zero-order valence-electron chi connectivity index (χ0n) is 65.8. The van der Waals surface area contributed by atoms with E-state index in [-0.39, 0.29) is 165 Å². The summed E-state index contributed by atoms with van der Waals surface area (Å²) in [6.07, 6.45) is 11.4. The van der Waals surface area contributed by atoms with Crippen LogP contribution in [0.2, 0.25) is 0 Å². The number of hydrogen-bond donors (Lipinski definition) is 2. The molecule has 2 N–H and O–H groups in total. The monoisotopic (exact) mass is 1700 g/mol. The molecule has 640 valence electrons. The minimum absolute atomic E-state index is 0.0476. The van der Waals surface area contributed by atoms with E-state index >= 15 is 0 Å². The molecule has 0 aromatic rings. The van der Waals surface area contributed by atoms with Crippen molar-refractivity contribution in [3.63, 3.8) is 0 Å². The lowest BCUT2D eigenvalue weighted by Crippen LogP contribution is -2.39. The van der Waals surface area contributed by atoms with Crippen LogP contribution in [0, 0.1) is 47.3 Å². The standard InChI is InChI=1S/C18H31O8P.C17H28ClO7P.C17H29O9P.C16H26ClO8P.2CH4O/c1-4-23-27(21,24-5-2)25-12-8-6-7-9-13(19)16-14-10-11-15(26-14)17(16)18(20)22-3;1-3-22-26(21,23-4-2)24-11-7-5-6-8-12(19)15-13-9-10-14(25-13)16(15)17(18)20;1-4-23-27(20,24-5-2)25-11-7-6-10-22-17(19)15-13-9-8-12(26-13)14(15)16(18)21-3;1-3-22-26(20,23-4-2)24-10-6-5-9-21-16(19)14-12-8-7-11(25-12)13(14)15(17)18;2*1-2/h14-17H,4-12H2,1-3H3;13-16H,3-11H2,1-2H3;12-15H,4-11H2,1-3H3;11-14H,3-10H2,1-2H3;2*2H,1H3. The highest BCUT2D eigenvalue weighted by Crippen LogP contribution is 2.54. The maximum absolute atomic E-state index is 12.6. The molecule has 8 aliphatic rings. The van der Waals surface area contributed by atoms with Gasteiger partial charge < -0.3 is 48.1 Å². The van der Waals surface area contributed by atoms with E-state index in [1.54, 1.807) is 55.4 Å². The maximum Gasteiger partial charge on any atom is 0.474 e. The average Bonchev–Trinajstić information content (AvgIpc) is 1.64. The summed E-state index contributed by atoms with van der Waals surface area (Å²) in [6.45, 7) is 16.7. The number of phosphoric ester groups is 4. The number of hydrogen-bond acceptors (Lipinski definition) is 34. The van der Waals surface area contributed by atoms with Crippen molar-refractivity contribution in [1.29, 1.82) is 0 Å². The summed E-state index contributed by atoms with van der Waals surface area (Å²) < 4.78 is 153. The van der Waals surface area contributed by atoms with Gasteiger partial charge in [0.25, 0.3) is 0 Å². The number of fused-ring (bicyclic) bond motifs is 8. The van der Waals surface area contributed by atoms with Crippen molar-refractivity contribution in [3.8, 4) is 0 Å². The van der Waals surface area contributed by atoms with E-state index in [1.165, 1.54) is 14.2 Å². The van der Waals surface area contributed by atoms with Crippen LogP contribution in [0.1, 0.15) is 184 Å². The molecule has 0 radical (unpaired) electrons. The van der Waals surface area contributed by atoms with Crippen molar-refractivity contribution >= 4 is 100 Å². The molecule has 8 saturated heterocycles. The molecule has 8 rings (SSSR count). The molecule has 110 heavy (non-hydrogen) atoms. The predicted molar refractivity (Wildman–Crippen MR) is 396 cm³/mol. The number of esters is 4. The van der Waals surface area contributed by atoms with Crippen LogP contribution < -0.4 is 0 Å². The van der Waals surface area contributed by atoms with E-state index in [0.29, 0.717) is 64.2 Å². The molecule has 0 spiro atoms. The smallest absolute Gasteiger partial charge is 0.469 e. The SMILES string of the molecule is CCOP(=O)(OCC)OCCCCCC(=O)C1C2CCC(O2)C1C(=O)Cl.CCOP(=O)(OCC)OCCCCCC(=O)C1C2CCC(O2)C1C(=O)OC.CCOP(=O)(OCC)OCCCCOC(=O)C1C2CCC(O2)C1C(=O)Cl.CCOP(=O)(OCC)OCCCCOC(=O)C1C2CCC(O2)C1C(=O)OC.CO.CO. The third kappa shape index (κ3) is 32.0. The van der Waals surface area contributed by atoms with Gasteiger partial charge in [-0.3, -0.25) is 92.6 Å². The number of halogens is 2. The highest BCUT2D eigenvalue weighted by atomic mass is 35.5.